The Morgan fingerprint density at radius 1 is 1.37 bits per heavy atom. The molecule has 0 aliphatic heterocycles. The highest BCUT2D eigenvalue weighted by Gasteiger charge is 2.19. The maximum absolute atomic E-state index is 11.2. The molecule has 1 aliphatic rings. The lowest BCUT2D eigenvalue weighted by molar-refractivity contribution is -0.0130. The number of carbonyl (C=O) groups excluding carboxylic acids is 1. The van der Waals surface area contributed by atoms with E-state index in [0.29, 0.717) is 12.2 Å². The van der Waals surface area contributed by atoms with E-state index in [1.165, 1.54) is 13.3 Å². The van der Waals surface area contributed by atoms with Crippen molar-refractivity contribution >= 4 is 5.97 Å². The van der Waals surface area contributed by atoms with E-state index < -0.39 is 0 Å². The number of aliphatic hydroxyl groups is 1. The van der Waals surface area contributed by atoms with Crippen LogP contribution in [0.5, 0.6) is 0 Å². The number of ether oxygens (including phenoxy) is 2. The Morgan fingerprint density at radius 3 is 2.68 bits per heavy atom. The van der Waals surface area contributed by atoms with Gasteiger partial charge < -0.3 is 14.6 Å². The average Bonchev–Trinajstić information content (AvgIpc) is 2.46. The van der Waals surface area contributed by atoms with E-state index in [9.17, 15) is 9.90 Å². The summed E-state index contributed by atoms with van der Waals surface area (Å²) in [5.41, 5.74) is 1.23. The number of pyridine rings is 1. The minimum atomic E-state index is -0.388. The zero-order chi connectivity index (χ0) is 13.7. The van der Waals surface area contributed by atoms with Crippen molar-refractivity contribution in [1.29, 1.82) is 0 Å². The third kappa shape index (κ3) is 4.01. The molecule has 1 aromatic rings. The molecule has 0 unspecified atom stereocenters. The second kappa shape index (κ2) is 6.63. The van der Waals surface area contributed by atoms with E-state index in [1.54, 1.807) is 12.1 Å². The molecule has 5 nitrogen and oxygen atoms in total. The van der Waals surface area contributed by atoms with Crippen LogP contribution >= 0.6 is 0 Å². The number of rotatable bonds is 4. The summed E-state index contributed by atoms with van der Waals surface area (Å²) in [6.45, 7) is 0.433. The van der Waals surface area contributed by atoms with Gasteiger partial charge in [-0.25, -0.2) is 4.79 Å². The third-order valence-electron chi connectivity index (χ3n) is 3.36. The molecule has 1 heterocycles. The number of carbonyl (C=O) groups is 1. The summed E-state index contributed by atoms with van der Waals surface area (Å²) in [6, 6.07) is 3.45. The van der Waals surface area contributed by atoms with Crippen molar-refractivity contribution in [3.05, 3.63) is 29.6 Å². The van der Waals surface area contributed by atoms with Gasteiger partial charge in [-0.1, -0.05) is 0 Å². The molecule has 2 rings (SSSR count). The van der Waals surface area contributed by atoms with Crippen molar-refractivity contribution in [2.75, 3.05) is 7.11 Å². The number of methoxy groups -OCH3 is 1. The number of esters is 1. The SMILES string of the molecule is COC(=O)c1ccc(COC2CCC(O)CC2)nc1. The summed E-state index contributed by atoms with van der Waals surface area (Å²) in [5.74, 6) is -0.388. The second-order valence-electron chi connectivity index (χ2n) is 4.77. The van der Waals surface area contributed by atoms with Crippen molar-refractivity contribution in [3.63, 3.8) is 0 Å². The number of hydrogen-bond acceptors (Lipinski definition) is 5. The van der Waals surface area contributed by atoms with Gasteiger partial charge in [0.1, 0.15) is 0 Å². The van der Waals surface area contributed by atoms with Gasteiger partial charge in [-0.2, -0.15) is 0 Å². The summed E-state index contributed by atoms with van der Waals surface area (Å²) in [5, 5.41) is 9.41. The lowest BCUT2D eigenvalue weighted by atomic mass is 9.95. The highest BCUT2D eigenvalue weighted by Crippen LogP contribution is 2.21. The fourth-order valence-electron chi connectivity index (χ4n) is 2.16. The summed E-state index contributed by atoms with van der Waals surface area (Å²) < 4.78 is 10.4. The van der Waals surface area contributed by atoms with Crippen LogP contribution in [0.4, 0.5) is 0 Å². The first kappa shape index (κ1) is 14.0. The zero-order valence-electron chi connectivity index (χ0n) is 11.0. The number of aromatic nitrogens is 1. The van der Waals surface area contributed by atoms with Crippen LogP contribution in [0.15, 0.2) is 18.3 Å². The van der Waals surface area contributed by atoms with Crippen molar-refractivity contribution in [3.8, 4) is 0 Å². The van der Waals surface area contributed by atoms with Crippen molar-refractivity contribution < 1.29 is 19.4 Å². The van der Waals surface area contributed by atoms with E-state index >= 15 is 0 Å². The van der Waals surface area contributed by atoms with Gasteiger partial charge in [0.15, 0.2) is 0 Å². The minimum Gasteiger partial charge on any atom is -0.465 e. The molecule has 104 valence electrons. The molecule has 0 aromatic carbocycles. The normalized spacial score (nSPS) is 23.1. The molecule has 5 heteroatoms. The molecule has 0 radical (unpaired) electrons. The standard InChI is InChI=1S/C14H19NO4/c1-18-14(17)10-2-3-11(15-8-10)9-19-13-6-4-12(16)5-7-13/h2-3,8,12-13,16H,4-7,9H2,1H3. The Balaban J connectivity index is 1.81. The van der Waals surface area contributed by atoms with Crippen LogP contribution in [0, 0.1) is 0 Å². The highest BCUT2D eigenvalue weighted by atomic mass is 16.5. The first-order chi connectivity index (χ1) is 9.19. The molecule has 1 N–H and O–H groups in total. The third-order valence-corrected chi connectivity index (χ3v) is 3.36. The molecule has 1 aromatic heterocycles. The molecule has 0 amide bonds. The molecule has 0 spiro atoms. The minimum absolute atomic E-state index is 0.169. The maximum Gasteiger partial charge on any atom is 0.339 e. The summed E-state index contributed by atoms with van der Waals surface area (Å²) in [6.07, 6.45) is 4.92. The Labute approximate surface area is 112 Å². The molecule has 0 saturated heterocycles. The average molecular weight is 265 g/mol. The van der Waals surface area contributed by atoms with Gasteiger partial charge in [0.25, 0.3) is 0 Å². The predicted molar refractivity (Wildman–Crippen MR) is 68.6 cm³/mol. The topological polar surface area (TPSA) is 68.7 Å². The van der Waals surface area contributed by atoms with Gasteiger partial charge >= 0.3 is 5.97 Å². The number of nitrogens with zero attached hydrogens (tertiary/aromatic N) is 1. The monoisotopic (exact) mass is 265 g/mol. The van der Waals surface area contributed by atoms with Crippen LogP contribution in [0.3, 0.4) is 0 Å². The van der Waals surface area contributed by atoms with Crippen LogP contribution in [0.2, 0.25) is 0 Å². The van der Waals surface area contributed by atoms with Crippen LogP contribution in [-0.4, -0.2) is 35.4 Å². The Hall–Kier alpha value is -1.46. The Bertz CT molecular complexity index is 410. The predicted octanol–water partition coefficient (Wildman–Crippen LogP) is 1.69. The molecular weight excluding hydrogens is 246 g/mol. The van der Waals surface area contributed by atoms with Crippen molar-refractivity contribution in [2.45, 2.75) is 44.5 Å². The van der Waals surface area contributed by atoms with Gasteiger partial charge in [0, 0.05) is 6.20 Å². The van der Waals surface area contributed by atoms with E-state index in [2.05, 4.69) is 9.72 Å². The van der Waals surface area contributed by atoms with Crippen LogP contribution < -0.4 is 0 Å². The molecule has 1 aliphatic carbocycles. The molecule has 0 bridgehead atoms. The molecular formula is C14H19NO4. The van der Waals surface area contributed by atoms with Crippen LogP contribution in [-0.2, 0) is 16.1 Å². The molecule has 19 heavy (non-hydrogen) atoms. The van der Waals surface area contributed by atoms with E-state index in [4.69, 9.17) is 4.74 Å². The first-order valence-electron chi connectivity index (χ1n) is 6.52. The second-order valence-corrected chi connectivity index (χ2v) is 4.77. The summed E-state index contributed by atoms with van der Waals surface area (Å²) in [4.78, 5) is 15.4. The fraction of sp³-hybridized carbons (Fsp3) is 0.571. The first-order valence-corrected chi connectivity index (χ1v) is 6.52. The molecule has 1 saturated carbocycles. The van der Waals surface area contributed by atoms with E-state index in [1.807, 2.05) is 0 Å². The number of aliphatic hydroxyl groups excluding tert-OH is 1. The van der Waals surface area contributed by atoms with Gasteiger partial charge in [0.05, 0.1) is 37.2 Å². The lowest BCUT2D eigenvalue weighted by Crippen LogP contribution is -2.24. The number of hydrogen-bond donors (Lipinski definition) is 1. The van der Waals surface area contributed by atoms with Crippen LogP contribution in [0.1, 0.15) is 41.7 Å². The van der Waals surface area contributed by atoms with E-state index in [0.717, 1.165) is 31.4 Å². The van der Waals surface area contributed by atoms with Crippen molar-refractivity contribution in [1.82, 2.24) is 4.98 Å². The lowest BCUT2D eigenvalue weighted by Gasteiger charge is -2.25. The summed E-state index contributed by atoms with van der Waals surface area (Å²) >= 11 is 0. The quantitative estimate of drug-likeness (QED) is 0.839. The van der Waals surface area contributed by atoms with Crippen LogP contribution in [0.25, 0.3) is 0 Å². The zero-order valence-corrected chi connectivity index (χ0v) is 11.0. The van der Waals surface area contributed by atoms with Crippen molar-refractivity contribution in [2.24, 2.45) is 0 Å². The van der Waals surface area contributed by atoms with E-state index in [-0.39, 0.29) is 18.2 Å². The highest BCUT2D eigenvalue weighted by molar-refractivity contribution is 5.88. The fourth-order valence-corrected chi connectivity index (χ4v) is 2.16. The molecule has 0 atom stereocenters. The maximum atomic E-state index is 11.2. The van der Waals surface area contributed by atoms with Gasteiger partial charge in [-0.15, -0.1) is 0 Å². The Kier molecular flexibility index (Phi) is 4.87. The smallest absolute Gasteiger partial charge is 0.339 e. The summed E-state index contributed by atoms with van der Waals surface area (Å²) in [7, 11) is 1.34. The van der Waals surface area contributed by atoms with Gasteiger partial charge in [-0.05, 0) is 37.8 Å². The molecule has 1 fully saturated rings. The van der Waals surface area contributed by atoms with Gasteiger partial charge in [-0.3, -0.25) is 4.98 Å². The Morgan fingerprint density at radius 2 is 2.11 bits per heavy atom. The largest absolute Gasteiger partial charge is 0.465 e. The van der Waals surface area contributed by atoms with Gasteiger partial charge in [0.2, 0.25) is 0 Å².